The van der Waals surface area contributed by atoms with Crippen LogP contribution < -0.4 is 15.7 Å². The summed E-state index contributed by atoms with van der Waals surface area (Å²) in [4.78, 5) is 31.3. The number of fused-ring (bicyclic) bond motifs is 1. The molecule has 0 saturated carbocycles. The van der Waals surface area contributed by atoms with E-state index in [0.717, 1.165) is 22.4 Å². The maximum atomic E-state index is 12.5. The fourth-order valence-electron chi connectivity index (χ4n) is 3.09. The minimum Gasteiger partial charge on any atom is -0.439 e. The molecule has 7 nitrogen and oxygen atoms in total. The molecule has 146 valence electrons. The van der Waals surface area contributed by atoms with Crippen molar-refractivity contribution in [2.45, 2.75) is 13.5 Å². The number of imidazole rings is 1. The van der Waals surface area contributed by atoms with Crippen LogP contribution in [0.15, 0.2) is 65.6 Å². The number of aromatic amines is 1. The summed E-state index contributed by atoms with van der Waals surface area (Å²) in [5.74, 6) is 1.03. The molecule has 0 saturated heterocycles. The minimum absolute atomic E-state index is 0.211. The first-order valence-electron chi connectivity index (χ1n) is 9.16. The van der Waals surface area contributed by atoms with E-state index in [9.17, 15) is 9.59 Å². The van der Waals surface area contributed by atoms with Crippen molar-refractivity contribution in [3.63, 3.8) is 0 Å². The van der Waals surface area contributed by atoms with E-state index in [0.29, 0.717) is 23.5 Å². The highest BCUT2D eigenvalue weighted by molar-refractivity contribution is 5.97. The lowest BCUT2D eigenvalue weighted by Crippen LogP contribution is -2.22. The molecule has 0 radical (unpaired) electrons. The van der Waals surface area contributed by atoms with Gasteiger partial charge in [-0.2, -0.15) is 0 Å². The highest BCUT2D eigenvalue weighted by atomic mass is 16.5. The Hall–Kier alpha value is -3.87. The number of H-pyrrole nitrogens is 1. The minimum atomic E-state index is -0.223. The number of hydrogen-bond donors (Lipinski definition) is 2. The molecule has 2 N–H and O–H groups in total. The van der Waals surface area contributed by atoms with Gasteiger partial charge in [0.25, 0.3) is 5.91 Å². The van der Waals surface area contributed by atoms with Crippen molar-refractivity contribution in [2.75, 3.05) is 0 Å². The second kappa shape index (κ2) is 7.63. The summed E-state index contributed by atoms with van der Waals surface area (Å²) in [5, 5.41) is 2.88. The molecule has 0 fully saturated rings. The first-order chi connectivity index (χ1) is 14.0. The van der Waals surface area contributed by atoms with E-state index in [1.807, 2.05) is 43.3 Å². The number of pyridine rings is 1. The zero-order valence-electron chi connectivity index (χ0n) is 16.1. The molecule has 29 heavy (non-hydrogen) atoms. The Labute approximate surface area is 167 Å². The fourth-order valence-corrected chi connectivity index (χ4v) is 3.09. The number of hydrogen-bond acceptors (Lipinski definition) is 4. The van der Waals surface area contributed by atoms with Crippen molar-refractivity contribution >= 4 is 16.9 Å². The molecule has 2 aromatic carbocycles. The molecule has 0 aliphatic heterocycles. The second-order valence-electron chi connectivity index (χ2n) is 6.78. The third-order valence-electron chi connectivity index (χ3n) is 4.66. The van der Waals surface area contributed by atoms with E-state index in [4.69, 9.17) is 4.74 Å². The van der Waals surface area contributed by atoms with E-state index < -0.39 is 0 Å². The van der Waals surface area contributed by atoms with Gasteiger partial charge < -0.3 is 15.0 Å². The highest BCUT2D eigenvalue weighted by Crippen LogP contribution is 2.22. The van der Waals surface area contributed by atoms with Gasteiger partial charge in [-0.25, -0.2) is 9.78 Å². The number of para-hydroxylation sites is 1. The Balaban J connectivity index is 1.44. The van der Waals surface area contributed by atoms with E-state index >= 15 is 0 Å². The van der Waals surface area contributed by atoms with Gasteiger partial charge in [-0.1, -0.05) is 18.2 Å². The van der Waals surface area contributed by atoms with Crippen LogP contribution in [0.5, 0.6) is 11.6 Å². The number of aryl methyl sites for hydroxylation is 2. The van der Waals surface area contributed by atoms with Crippen molar-refractivity contribution in [1.29, 1.82) is 0 Å². The van der Waals surface area contributed by atoms with E-state index in [1.54, 1.807) is 31.4 Å². The lowest BCUT2D eigenvalue weighted by molar-refractivity contribution is 0.0951. The molecule has 0 aliphatic carbocycles. The summed E-state index contributed by atoms with van der Waals surface area (Å²) in [7, 11) is 1.68. The van der Waals surface area contributed by atoms with Crippen molar-refractivity contribution in [3.8, 4) is 11.6 Å². The van der Waals surface area contributed by atoms with Gasteiger partial charge in [0, 0.05) is 30.9 Å². The predicted molar refractivity (Wildman–Crippen MR) is 110 cm³/mol. The molecule has 0 spiro atoms. The number of ether oxygens (including phenoxy) is 1. The lowest BCUT2D eigenvalue weighted by Gasteiger charge is -2.10. The molecule has 0 aliphatic rings. The largest absolute Gasteiger partial charge is 0.439 e. The number of nitrogens with zero attached hydrogens (tertiary/aromatic N) is 2. The van der Waals surface area contributed by atoms with Gasteiger partial charge in [-0.15, -0.1) is 0 Å². The molecule has 1 amide bonds. The molecular formula is C22H20N4O3. The maximum Gasteiger partial charge on any atom is 0.326 e. The van der Waals surface area contributed by atoms with E-state index in [2.05, 4.69) is 15.3 Å². The van der Waals surface area contributed by atoms with Gasteiger partial charge in [0.15, 0.2) is 0 Å². The molecule has 4 aromatic rings. The van der Waals surface area contributed by atoms with Gasteiger partial charge in [-0.05, 0) is 48.9 Å². The molecule has 0 atom stereocenters. The van der Waals surface area contributed by atoms with Crippen LogP contribution in [0, 0.1) is 6.92 Å². The fraction of sp³-hybridized carbons (Fsp3) is 0.136. The smallest absolute Gasteiger partial charge is 0.326 e. The maximum absolute atomic E-state index is 12.5. The predicted octanol–water partition coefficient (Wildman–Crippen LogP) is 3.29. The molecule has 4 rings (SSSR count). The molecule has 0 bridgehead atoms. The van der Waals surface area contributed by atoms with Gasteiger partial charge in [0.1, 0.15) is 5.75 Å². The Morgan fingerprint density at radius 3 is 2.72 bits per heavy atom. The lowest BCUT2D eigenvalue weighted by atomic mass is 10.1. The van der Waals surface area contributed by atoms with Crippen LogP contribution in [-0.4, -0.2) is 20.4 Å². The van der Waals surface area contributed by atoms with Crippen LogP contribution in [0.1, 0.15) is 21.5 Å². The number of carbonyl (C=O) groups excluding carboxylic acids is 1. The topological polar surface area (TPSA) is 89.0 Å². The van der Waals surface area contributed by atoms with Crippen LogP contribution in [-0.2, 0) is 13.6 Å². The molecule has 2 aromatic heterocycles. The number of rotatable bonds is 5. The van der Waals surface area contributed by atoms with Crippen molar-refractivity contribution in [3.05, 3.63) is 88.0 Å². The standard InChI is InChI=1S/C22H20N4O3/c1-14-10-15(13-24-21(14)29-17-6-4-3-5-7-17)12-23-20(27)16-8-9-19-18(11-16)25-22(28)26(19)2/h3-11,13H,12H2,1-2H3,(H,23,27)(H,25,28). The number of benzene rings is 2. The number of aromatic nitrogens is 3. The van der Waals surface area contributed by atoms with Crippen LogP contribution in [0.3, 0.4) is 0 Å². The summed E-state index contributed by atoms with van der Waals surface area (Å²) in [5.41, 5.74) is 3.39. The SMILES string of the molecule is Cc1cc(CNC(=O)c2ccc3c(c2)[nH]c(=O)n3C)cnc1Oc1ccccc1. The summed E-state index contributed by atoms with van der Waals surface area (Å²) in [6.07, 6.45) is 1.68. The second-order valence-corrected chi connectivity index (χ2v) is 6.78. The molecular weight excluding hydrogens is 368 g/mol. The number of carbonyl (C=O) groups is 1. The quantitative estimate of drug-likeness (QED) is 0.549. The van der Waals surface area contributed by atoms with E-state index in [-0.39, 0.29) is 11.6 Å². The summed E-state index contributed by atoms with van der Waals surface area (Å²) < 4.78 is 7.29. The van der Waals surface area contributed by atoms with Crippen molar-refractivity contribution in [1.82, 2.24) is 19.9 Å². The Morgan fingerprint density at radius 2 is 1.97 bits per heavy atom. The van der Waals surface area contributed by atoms with Crippen LogP contribution in [0.4, 0.5) is 0 Å². The average molecular weight is 388 g/mol. The molecule has 2 heterocycles. The third kappa shape index (κ3) is 3.89. The van der Waals surface area contributed by atoms with Gasteiger partial charge in [0.05, 0.1) is 11.0 Å². The zero-order chi connectivity index (χ0) is 20.4. The van der Waals surface area contributed by atoms with Crippen molar-refractivity contribution < 1.29 is 9.53 Å². The third-order valence-corrected chi connectivity index (χ3v) is 4.66. The Kier molecular flexibility index (Phi) is 4.87. The molecule has 0 unspecified atom stereocenters. The monoisotopic (exact) mass is 388 g/mol. The zero-order valence-corrected chi connectivity index (χ0v) is 16.1. The van der Waals surface area contributed by atoms with Crippen LogP contribution in [0.2, 0.25) is 0 Å². The molecule has 7 heteroatoms. The van der Waals surface area contributed by atoms with Crippen LogP contribution in [0.25, 0.3) is 11.0 Å². The number of nitrogens with one attached hydrogen (secondary N) is 2. The van der Waals surface area contributed by atoms with Gasteiger partial charge in [0.2, 0.25) is 5.88 Å². The van der Waals surface area contributed by atoms with Gasteiger partial charge >= 0.3 is 5.69 Å². The first-order valence-corrected chi connectivity index (χ1v) is 9.16. The summed E-state index contributed by atoms with van der Waals surface area (Å²) in [6, 6.07) is 16.5. The Morgan fingerprint density at radius 1 is 1.17 bits per heavy atom. The number of amides is 1. The highest BCUT2D eigenvalue weighted by Gasteiger charge is 2.10. The Bertz CT molecular complexity index is 1240. The van der Waals surface area contributed by atoms with Gasteiger partial charge in [-0.3, -0.25) is 9.36 Å². The first kappa shape index (κ1) is 18.5. The summed E-state index contributed by atoms with van der Waals surface area (Å²) in [6.45, 7) is 2.25. The van der Waals surface area contributed by atoms with E-state index in [1.165, 1.54) is 4.57 Å². The summed E-state index contributed by atoms with van der Waals surface area (Å²) >= 11 is 0. The van der Waals surface area contributed by atoms with Crippen LogP contribution >= 0.6 is 0 Å². The van der Waals surface area contributed by atoms with Crippen molar-refractivity contribution in [2.24, 2.45) is 7.05 Å². The average Bonchev–Trinajstić information content (AvgIpc) is 3.02. The normalized spacial score (nSPS) is 10.8.